The molecule has 1 nitrogen and oxygen atoms in total. The van der Waals surface area contributed by atoms with Crippen molar-refractivity contribution in [1.29, 1.82) is 0 Å². The number of hydrogen-bond donors (Lipinski definition) is 0. The second kappa shape index (κ2) is 4.44. The van der Waals surface area contributed by atoms with Crippen molar-refractivity contribution >= 4 is 10.8 Å². The van der Waals surface area contributed by atoms with E-state index in [1.54, 1.807) is 6.07 Å². The van der Waals surface area contributed by atoms with Crippen LogP contribution in [0.2, 0.25) is 0 Å². The van der Waals surface area contributed by atoms with Gasteiger partial charge in [-0.2, -0.15) is 0 Å². The molecule has 0 aromatic heterocycles. The highest BCUT2D eigenvalue weighted by atomic mass is 19.4. The van der Waals surface area contributed by atoms with Gasteiger partial charge in [0.25, 0.3) is 6.43 Å². The lowest BCUT2D eigenvalue weighted by Crippen LogP contribution is -2.17. The van der Waals surface area contributed by atoms with Crippen LogP contribution in [0, 0.1) is 0 Å². The summed E-state index contributed by atoms with van der Waals surface area (Å²) in [4.78, 5) is 0. The molecule has 0 unspecified atom stereocenters. The fourth-order valence-electron chi connectivity index (χ4n) is 1.66. The third-order valence-corrected chi connectivity index (χ3v) is 2.36. The maximum Gasteiger partial charge on any atom is 0.573 e. The molecule has 0 bridgehead atoms. The number of ether oxygens (including phenoxy) is 1. The third kappa shape index (κ3) is 2.69. The van der Waals surface area contributed by atoms with Crippen LogP contribution in [-0.2, 0) is 0 Å². The van der Waals surface area contributed by atoms with E-state index in [1.165, 1.54) is 18.2 Å². The Bertz CT molecular complexity index is 562. The van der Waals surface area contributed by atoms with Crippen LogP contribution in [0.25, 0.3) is 10.8 Å². The minimum absolute atomic E-state index is 0.0502. The molecule has 0 spiro atoms. The monoisotopic (exact) mass is 262 g/mol. The highest BCUT2D eigenvalue weighted by Gasteiger charge is 2.31. The number of fused-ring (bicyclic) bond motifs is 1. The maximum atomic E-state index is 12.7. The molecular weight excluding hydrogens is 255 g/mol. The Kier molecular flexibility index (Phi) is 3.11. The van der Waals surface area contributed by atoms with Gasteiger partial charge in [0.15, 0.2) is 0 Å². The van der Waals surface area contributed by atoms with Gasteiger partial charge in [0, 0.05) is 5.56 Å². The van der Waals surface area contributed by atoms with Gasteiger partial charge in [-0.15, -0.1) is 13.2 Å². The molecule has 0 saturated heterocycles. The fraction of sp³-hybridized carbons (Fsp3) is 0.167. The molecule has 2 rings (SSSR count). The largest absolute Gasteiger partial charge is 0.573 e. The van der Waals surface area contributed by atoms with Crippen LogP contribution >= 0.6 is 0 Å². The first-order valence-corrected chi connectivity index (χ1v) is 4.93. The molecule has 0 saturated carbocycles. The van der Waals surface area contributed by atoms with Crippen molar-refractivity contribution in [3.05, 3.63) is 42.0 Å². The van der Waals surface area contributed by atoms with Crippen LogP contribution in [-0.4, -0.2) is 6.36 Å². The number of hydrogen-bond acceptors (Lipinski definition) is 1. The fourth-order valence-corrected chi connectivity index (χ4v) is 1.66. The minimum atomic E-state index is -4.84. The van der Waals surface area contributed by atoms with Crippen molar-refractivity contribution in [3.8, 4) is 5.75 Å². The van der Waals surface area contributed by atoms with Crippen LogP contribution < -0.4 is 4.74 Å². The van der Waals surface area contributed by atoms with Gasteiger partial charge >= 0.3 is 6.36 Å². The lowest BCUT2D eigenvalue weighted by Gasteiger charge is -2.11. The van der Waals surface area contributed by atoms with E-state index in [0.29, 0.717) is 5.39 Å². The summed E-state index contributed by atoms with van der Waals surface area (Å²) in [5.74, 6) is -0.511. The lowest BCUT2D eigenvalue weighted by atomic mass is 10.0. The van der Waals surface area contributed by atoms with Gasteiger partial charge in [0.05, 0.1) is 0 Å². The molecule has 0 N–H and O–H groups in total. The SMILES string of the molecule is FC(F)c1cccc2ccc(OC(F)(F)F)cc12. The van der Waals surface area contributed by atoms with E-state index in [1.807, 2.05) is 0 Å². The topological polar surface area (TPSA) is 9.23 Å². The van der Waals surface area contributed by atoms with Gasteiger partial charge in [0.2, 0.25) is 0 Å². The summed E-state index contributed by atoms with van der Waals surface area (Å²) in [5, 5.41) is 0.483. The molecule has 0 heterocycles. The molecular formula is C12H7F5O. The summed E-state index contributed by atoms with van der Waals surface area (Å²) < 4.78 is 65.2. The summed E-state index contributed by atoms with van der Waals surface area (Å²) in [7, 11) is 0. The molecule has 0 atom stereocenters. The summed E-state index contributed by atoms with van der Waals surface area (Å²) in [6, 6.07) is 7.49. The van der Waals surface area contributed by atoms with E-state index in [-0.39, 0.29) is 10.9 Å². The predicted molar refractivity (Wildman–Crippen MR) is 55.6 cm³/mol. The standard InChI is InChI=1S/C12H7F5O/c13-11(14)9-3-1-2-7-4-5-8(6-10(7)9)18-12(15,16)17/h1-6,11H. The van der Waals surface area contributed by atoms with Crippen molar-refractivity contribution in [2.24, 2.45) is 0 Å². The van der Waals surface area contributed by atoms with Crippen molar-refractivity contribution in [1.82, 2.24) is 0 Å². The van der Waals surface area contributed by atoms with Crippen LogP contribution in [0.3, 0.4) is 0 Å². The molecule has 6 heteroatoms. The molecule has 18 heavy (non-hydrogen) atoms. The highest BCUT2D eigenvalue weighted by Crippen LogP contribution is 2.32. The summed E-state index contributed by atoms with van der Waals surface area (Å²) in [6.07, 6.45) is -7.59. The Morgan fingerprint density at radius 2 is 1.72 bits per heavy atom. The first-order valence-electron chi connectivity index (χ1n) is 4.93. The summed E-state index contributed by atoms with van der Waals surface area (Å²) in [6.45, 7) is 0. The maximum absolute atomic E-state index is 12.7. The number of benzene rings is 2. The van der Waals surface area contributed by atoms with E-state index < -0.39 is 18.5 Å². The zero-order valence-corrected chi connectivity index (χ0v) is 8.84. The smallest absolute Gasteiger partial charge is 0.406 e. The molecule has 96 valence electrons. The Balaban J connectivity index is 2.52. The van der Waals surface area contributed by atoms with Gasteiger partial charge in [0.1, 0.15) is 5.75 Å². The Morgan fingerprint density at radius 1 is 1.00 bits per heavy atom. The molecule has 0 aliphatic heterocycles. The minimum Gasteiger partial charge on any atom is -0.406 e. The normalized spacial score (nSPS) is 12.1. The number of rotatable bonds is 2. The Labute approximate surface area is 98.8 Å². The molecule has 2 aromatic carbocycles. The zero-order valence-electron chi connectivity index (χ0n) is 8.84. The second-order valence-corrected chi connectivity index (χ2v) is 3.58. The van der Waals surface area contributed by atoms with Crippen LogP contribution in [0.4, 0.5) is 22.0 Å². The number of alkyl halides is 5. The van der Waals surface area contributed by atoms with Crippen LogP contribution in [0.1, 0.15) is 12.0 Å². The summed E-state index contributed by atoms with van der Waals surface area (Å²) >= 11 is 0. The third-order valence-electron chi connectivity index (χ3n) is 2.36. The van der Waals surface area contributed by atoms with Crippen LogP contribution in [0.5, 0.6) is 5.75 Å². The van der Waals surface area contributed by atoms with E-state index in [9.17, 15) is 22.0 Å². The first-order chi connectivity index (χ1) is 8.37. The molecule has 0 amide bonds. The first kappa shape index (κ1) is 12.6. The quantitative estimate of drug-likeness (QED) is 0.714. The average Bonchev–Trinajstić information content (AvgIpc) is 2.25. The number of halogens is 5. The Hall–Kier alpha value is -1.85. The van der Waals surface area contributed by atoms with Gasteiger partial charge < -0.3 is 4.74 Å². The van der Waals surface area contributed by atoms with Gasteiger partial charge in [-0.1, -0.05) is 24.3 Å². The molecule has 2 aromatic rings. The van der Waals surface area contributed by atoms with Crippen molar-refractivity contribution in [2.45, 2.75) is 12.8 Å². The second-order valence-electron chi connectivity index (χ2n) is 3.58. The van der Waals surface area contributed by atoms with Gasteiger partial charge in [-0.25, -0.2) is 8.78 Å². The predicted octanol–water partition coefficient (Wildman–Crippen LogP) is 4.68. The zero-order chi connectivity index (χ0) is 13.3. The molecule has 0 fully saturated rings. The lowest BCUT2D eigenvalue weighted by molar-refractivity contribution is -0.274. The van der Waals surface area contributed by atoms with E-state index in [2.05, 4.69) is 4.74 Å². The molecule has 0 radical (unpaired) electrons. The van der Waals surface area contributed by atoms with Crippen molar-refractivity contribution in [3.63, 3.8) is 0 Å². The average molecular weight is 262 g/mol. The van der Waals surface area contributed by atoms with Gasteiger partial charge in [-0.3, -0.25) is 0 Å². The van der Waals surface area contributed by atoms with Gasteiger partial charge in [-0.05, 0) is 22.9 Å². The van der Waals surface area contributed by atoms with E-state index in [0.717, 1.165) is 12.1 Å². The summed E-state index contributed by atoms with van der Waals surface area (Å²) in [5.41, 5.74) is -0.319. The highest BCUT2D eigenvalue weighted by molar-refractivity contribution is 5.87. The van der Waals surface area contributed by atoms with E-state index in [4.69, 9.17) is 0 Å². The van der Waals surface area contributed by atoms with E-state index >= 15 is 0 Å². The van der Waals surface area contributed by atoms with Crippen molar-refractivity contribution < 1.29 is 26.7 Å². The molecule has 0 aliphatic carbocycles. The van der Waals surface area contributed by atoms with Crippen molar-refractivity contribution in [2.75, 3.05) is 0 Å². The molecule has 0 aliphatic rings. The van der Waals surface area contributed by atoms with Crippen LogP contribution in [0.15, 0.2) is 36.4 Å². The Morgan fingerprint density at radius 3 is 2.33 bits per heavy atom.